The molecule has 3 unspecified atom stereocenters. The highest BCUT2D eigenvalue weighted by atomic mass is 32.2. The Kier molecular flexibility index (Phi) is 9.02. The van der Waals surface area contributed by atoms with Crippen molar-refractivity contribution in [3.05, 3.63) is 83.9 Å². The van der Waals surface area contributed by atoms with E-state index in [4.69, 9.17) is 14.0 Å². The number of benzene rings is 3. The van der Waals surface area contributed by atoms with Crippen molar-refractivity contribution in [3.63, 3.8) is 0 Å². The van der Waals surface area contributed by atoms with Gasteiger partial charge in [0.05, 0.1) is 6.10 Å². The third-order valence-corrected chi connectivity index (χ3v) is 9.23. The highest BCUT2D eigenvalue weighted by molar-refractivity contribution is 7.87. The first-order chi connectivity index (χ1) is 20.6. The summed E-state index contributed by atoms with van der Waals surface area (Å²) < 4.78 is 38.4. The number of phenolic OH excluding ortho intramolecular Hbond substituents is 2. The third kappa shape index (κ3) is 7.00. The molecule has 3 aromatic rings. The number of hydrogen-bond donors (Lipinski definition) is 4. The maximum atomic E-state index is 13.4. The summed E-state index contributed by atoms with van der Waals surface area (Å²) in [6.45, 7) is 0. The molecule has 11 heteroatoms. The molecule has 5 rings (SSSR count). The standard InChI is InChI=1S/C32H33NO9S/c34-23-17-13-20(14-18-23)30-26-19-27(43(39,40)42-25-8-6-5-7-24(25)35)32(41-26)31(30)21-11-15-22(16-12-21)33-28(36)9-3-1-2-4-10-29(37)38/h5-8,11-18,26-27,32,34-35H,1-4,9-10,19H2,(H,33,36)(H,37,38). The molecule has 226 valence electrons. The number of hydrogen-bond acceptors (Lipinski definition) is 8. The number of aliphatic carboxylic acids is 1. The van der Waals surface area contributed by atoms with Gasteiger partial charge in [0, 0.05) is 24.9 Å². The van der Waals surface area contributed by atoms with Gasteiger partial charge in [-0.1, -0.05) is 49.2 Å². The van der Waals surface area contributed by atoms with Gasteiger partial charge in [-0.15, -0.1) is 0 Å². The fourth-order valence-corrected chi connectivity index (χ4v) is 7.01. The van der Waals surface area contributed by atoms with Crippen LogP contribution in [0.5, 0.6) is 17.2 Å². The Hall–Kier alpha value is -4.35. The van der Waals surface area contributed by atoms with Crippen LogP contribution in [0.3, 0.4) is 0 Å². The highest BCUT2D eigenvalue weighted by Crippen LogP contribution is 2.51. The average Bonchev–Trinajstić information content (AvgIpc) is 3.57. The van der Waals surface area contributed by atoms with Crippen molar-refractivity contribution >= 4 is 38.8 Å². The summed E-state index contributed by atoms with van der Waals surface area (Å²) >= 11 is 0. The minimum atomic E-state index is -4.21. The van der Waals surface area contributed by atoms with Crippen LogP contribution in [-0.2, 0) is 24.4 Å². The average molecular weight is 608 g/mol. The van der Waals surface area contributed by atoms with Gasteiger partial charge >= 0.3 is 16.1 Å². The number of fused-ring (bicyclic) bond motifs is 2. The Morgan fingerprint density at radius 1 is 0.837 bits per heavy atom. The van der Waals surface area contributed by atoms with Crippen molar-refractivity contribution in [2.45, 2.75) is 62.4 Å². The molecule has 4 N–H and O–H groups in total. The van der Waals surface area contributed by atoms with Crippen LogP contribution in [0.25, 0.3) is 11.1 Å². The number of nitrogens with one attached hydrogen (secondary N) is 1. The van der Waals surface area contributed by atoms with E-state index in [1.165, 1.54) is 12.1 Å². The summed E-state index contributed by atoms with van der Waals surface area (Å²) in [5.41, 5.74) is 3.59. The monoisotopic (exact) mass is 607 g/mol. The number of carbonyl (C=O) groups is 2. The lowest BCUT2D eigenvalue weighted by Crippen LogP contribution is -2.35. The van der Waals surface area contributed by atoms with E-state index in [-0.39, 0.29) is 36.0 Å². The first kappa shape index (κ1) is 30.1. The van der Waals surface area contributed by atoms with Gasteiger partial charge in [0.2, 0.25) is 5.91 Å². The Morgan fingerprint density at radius 2 is 1.47 bits per heavy atom. The molecular formula is C32H33NO9S. The summed E-state index contributed by atoms with van der Waals surface area (Å²) in [7, 11) is -4.21. The molecule has 0 spiro atoms. The molecule has 1 saturated heterocycles. The molecule has 0 aromatic heterocycles. The van der Waals surface area contributed by atoms with Gasteiger partial charge in [-0.25, -0.2) is 0 Å². The SMILES string of the molecule is O=C(O)CCCCCCC(=O)Nc1ccc(C2=C(c3ccc(O)cc3)C3CC(S(=O)(=O)Oc4ccccc4O)C2O3)cc1. The van der Waals surface area contributed by atoms with Crippen LogP contribution in [0, 0.1) is 0 Å². The number of anilines is 1. The lowest BCUT2D eigenvalue weighted by Gasteiger charge is -2.25. The molecule has 1 amide bonds. The first-order valence-electron chi connectivity index (χ1n) is 14.1. The number of phenols is 2. The number of amides is 1. The van der Waals surface area contributed by atoms with E-state index in [9.17, 15) is 28.2 Å². The molecular weight excluding hydrogens is 574 g/mol. The van der Waals surface area contributed by atoms with E-state index in [1.54, 1.807) is 60.7 Å². The summed E-state index contributed by atoms with van der Waals surface area (Å²) in [5.74, 6) is -1.30. The largest absolute Gasteiger partial charge is 0.508 e. The van der Waals surface area contributed by atoms with Crippen LogP contribution < -0.4 is 9.50 Å². The molecule has 0 radical (unpaired) electrons. The van der Waals surface area contributed by atoms with Crippen LogP contribution in [-0.4, -0.2) is 53.1 Å². The molecule has 2 aliphatic heterocycles. The molecule has 0 aliphatic carbocycles. The molecule has 10 nitrogen and oxygen atoms in total. The molecule has 3 atom stereocenters. The van der Waals surface area contributed by atoms with E-state index in [1.807, 2.05) is 0 Å². The minimum Gasteiger partial charge on any atom is -0.508 e. The predicted octanol–water partition coefficient (Wildman–Crippen LogP) is 5.32. The van der Waals surface area contributed by atoms with Gasteiger partial charge in [-0.3, -0.25) is 9.59 Å². The van der Waals surface area contributed by atoms with E-state index in [2.05, 4.69) is 5.32 Å². The fraction of sp³-hybridized carbons (Fsp3) is 0.312. The molecule has 2 aliphatic rings. The number of rotatable bonds is 13. The third-order valence-electron chi connectivity index (χ3n) is 7.64. The number of aromatic hydroxyl groups is 2. The number of unbranched alkanes of at least 4 members (excludes halogenated alkanes) is 3. The van der Waals surface area contributed by atoms with Crippen LogP contribution in [0.15, 0.2) is 72.8 Å². The van der Waals surface area contributed by atoms with Crippen molar-refractivity contribution < 1.29 is 42.2 Å². The van der Waals surface area contributed by atoms with Crippen molar-refractivity contribution in [2.75, 3.05) is 5.32 Å². The number of ether oxygens (including phenoxy) is 1. The number of carboxylic acids is 1. The fourth-order valence-electron chi connectivity index (χ4n) is 5.58. The maximum absolute atomic E-state index is 13.4. The summed E-state index contributed by atoms with van der Waals surface area (Å²) in [6.07, 6.45) is 2.01. The summed E-state index contributed by atoms with van der Waals surface area (Å²) in [6, 6.07) is 19.6. The van der Waals surface area contributed by atoms with Gasteiger partial charge in [0.1, 0.15) is 17.1 Å². The summed E-state index contributed by atoms with van der Waals surface area (Å²) in [4.78, 5) is 23.0. The van der Waals surface area contributed by atoms with Gasteiger partial charge in [-0.2, -0.15) is 8.42 Å². The second-order valence-electron chi connectivity index (χ2n) is 10.7. The van der Waals surface area contributed by atoms with E-state index in [0.717, 1.165) is 29.5 Å². The highest BCUT2D eigenvalue weighted by Gasteiger charge is 2.53. The lowest BCUT2D eigenvalue weighted by atomic mass is 9.83. The van der Waals surface area contributed by atoms with Crippen LogP contribution >= 0.6 is 0 Å². The Balaban J connectivity index is 1.34. The zero-order valence-corrected chi connectivity index (χ0v) is 24.1. The molecule has 2 heterocycles. The first-order valence-corrected chi connectivity index (χ1v) is 15.6. The summed E-state index contributed by atoms with van der Waals surface area (Å²) in [5, 5.41) is 30.5. The topological polar surface area (TPSA) is 159 Å². The second kappa shape index (κ2) is 12.9. The molecule has 43 heavy (non-hydrogen) atoms. The van der Waals surface area contributed by atoms with E-state index >= 15 is 0 Å². The predicted molar refractivity (Wildman–Crippen MR) is 160 cm³/mol. The molecule has 3 aromatic carbocycles. The van der Waals surface area contributed by atoms with Crippen LogP contribution in [0.1, 0.15) is 56.1 Å². The number of carboxylic acid groups (broad SMARTS) is 1. The quantitative estimate of drug-likeness (QED) is 0.149. The second-order valence-corrected chi connectivity index (χ2v) is 12.4. The van der Waals surface area contributed by atoms with Crippen molar-refractivity contribution in [1.82, 2.24) is 0 Å². The minimum absolute atomic E-state index is 0.104. The molecule has 1 fully saturated rings. The number of para-hydroxylation sites is 2. The van der Waals surface area contributed by atoms with Gasteiger partial charge < -0.3 is 29.6 Å². The zero-order valence-electron chi connectivity index (χ0n) is 23.3. The Morgan fingerprint density at radius 3 is 2.14 bits per heavy atom. The maximum Gasteiger partial charge on any atom is 0.315 e. The number of carbonyl (C=O) groups excluding carboxylic acids is 1. The smallest absolute Gasteiger partial charge is 0.315 e. The molecule has 0 saturated carbocycles. The van der Waals surface area contributed by atoms with Crippen molar-refractivity contribution in [2.24, 2.45) is 0 Å². The lowest BCUT2D eigenvalue weighted by molar-refractivity contribution is -0.137. The van der Waals surface area contributed by atoms with Crippen LogP contribution in [0.4, 0.5) is 5.69 Å². The Labute approximate surface area is 249 Å². The van der Waals surface area contributed by atoms with Crippen molar-refractivity contribution in [3.8, 4) is 17.2 Å². The van der Waals surface area contributed by atoms with E-state index < -0.39 is 33.5 Å². The van der Waals surface area contributed by atoms with E-state index in [0.29, 0.717) is 30.5 Å². The van der Waals surface area contributed by atoms with Crippen molar-refractivity contribution in [1.29, 1.82) is 0 Å². The Bertz CT molecular complexity index is 1620. The van der Waals surface area contributed by atoms with Gasteiger partial charge in [0.25, 0.3) is 0 Å². The van der Waals surface area contributed by atoms with Crippen LogP contribution in [0.2, 0.25) is 0 Å². The van der Waals surface area contributed by atoms with Gasteiger partial charge in [-0.05, 0) is 71.5 Å². The normalized spacial score (nSPS) is 19.4. The molecule has 2 bridgehead atoms. The zero-order chi connectivity index (χ0) is 30.6. The van der Waals surface area contributed by atoms with Gasteiger partial charge in [0.15, 0.2) is 11.5 Å².